The van der Waals surface area contributed by atoms with Gasteiger partial charge in [0.15, 0.2) is 0 Å². The van der Waals surface area contributed by atoms with E-state index in [1.165, 1.54) is 12.3 Å². The lowest BCUT2D eigenvalue weighted by atomic mass is 10.2. The fourth-order valence-electron chi connectivity index (χ4n) is 1.09. The minimum atomic E-state index is -0.325. The molecule has 0 aromatic carbocycles. The molecule has 0 aliphatic rings. The van der Waals surface area contributed by atoms with Crippen molar-refractivity contribution in [2.45, 2.75) is 19.4 Å². The van der Waals surface area contributed by atoms with Crippen LogP contribution in [0.25, 0.3) is 0 Å². The van der Waals surface area contributed by atoms with E-state index >= 15 is 0 Å². The molecule has 1 unspecified atom stereocenters. The maximum absolute atomic E-state index is 11.6. The van der Waals surface area contributed by atoms with Crippen molar-refractivity contribution >= 4 is 5.91 Å². The van der Waals surface area contributed by atoms with Gasteiger partial charge >= 0.3 is 0 Å². The van der Waals surface area contributed by atoms with Crippen LogP contribution in [0.5, 0.6) is 0 Å². The van der Waals surface area contributed by atoms with E-state index in [0.717, 1.165) is 0 Å². The molecule has 1 atom stereocenters. The molecule has 4 heteroatoms. The zero-order valence-corrected chi connectivity index (χ0v) is 8.90. The molecule has 1 rings (SSSR count). The van der Waals surface area contributed by atoms with Gasteiger partial charge in [0.2, 0.25) is 0 Å². The van der Waals surface area contributed by atoms with Crippen LogP contribution in [0, 0.1) is 23.7 Å². The van der Waals surface area contributed by atoms with E-state index in [-0.39, 0.29) is 17.6 Å². The first-order chi connectivity index (χ1) is 7.71. The molecule has 1 heterocycles. The van der Waals surface area contributed by atoms with Gasteiger partial charge in [0.1, 0.15) is 11.8 Å². The first-order valence-electron chi connectivity index (χ1n) is 4.84. The Labute approximate surface area is 94.3 Å². The lowest BCUT2D eigenvalue weighted by Gasteiger charge is -2.09. The van der Waals surface area contributed by atoms with E-state index in [1.54, 1.807) is 6.07 Å². The molecule has 0 saturated carbocycles. The standard InChI is InChI=1S/C12H11N3O/c1-3-10(4-2)15-12(16)11-6-5-9(7-13)8-14-11/h1,5-6,8,10H,4H2,2H3,(H,15,16). The van der Waals surface area contributed by atoms with Gasteiger partial charge in [-0.25, -0.2) is 4.98 Å². The van der Waals surface area contributed by atoms with Crippen LogP contribution in [-0.4, -0.2) is 16.9 Å². The number of carbonyl (C=O) groups is 1. The van der Waals surface area contributed by atoms with Crippen LogP contribution < -0.4 is 5.32 Å². The Morgan fingerprint density at radius 3 is 2.88 bits per heavy atom. The average molecular weight is 213 g/mol. The van der Waals surface area contributed by atoms with Crippen molar-refractivity contribution in [3.05, 3.63) is 29.6 Å². The van der Waals surface area contributed by atoms with E-state index in [1.807, 2.05) is 13.0 Å². The summed E-state index contributed by atoms with van der Waals surface area (Å²) in [4.78, 5) is 15.5. The summed E-state index contributed by atoms with van der Waals surface area (Å²) in [5.74, 6) is 2.14. The monoisotopic (exact) mass is 213 g/mol. The maximum atomic E-state index is 11.6. The zero-order chi connectivity index (χ0) is 12.0. The van der Waals surface area contributed by atoms with Gasteiger partial charge in [-0.05, 0) is 18.6 Å². The average Bonchev–Trinajstić information content (AvgIpc) is 2.35. The fraction of sp³-hybridized carbons (Fsp3) is 0.250. The molecule has 0 fully saturated rings. The van der Waals surface area contributed by atoms with Crippen LogP contribution >= 0.6 is 0 Å². The smallest absolute Gasteiger partial charge is 0.270 e. The molecule has 0 spiro atoms. The van der Waals surface area contributed by atoms with Gasteiger partial charge < -0.3 is 5.32 Å². The minimum Gasteiger partial charge on any atom is -0.337 e. The third-order valence-electron chi connectivity index (χ3n) is 2.04. The molecule has 1 aromatic rings. The maximum Gasteiger partial charge on any atom is 0.270 e. The number of amides is 1. The molecule has 0 radical (unpaired) electrons. The highest BCUT2D eigenvalue weighted by atomic mass is 16.1. The Morgan fingerprint density at radius 1 is 1.69 bits per heavy atom. The number of aromatic nitrogens is 1. The normalized spacial score (nSPS) is 10.9. The Kier molecular flexibility index (Phi) is 4.06. The minimum absolute atomic E-state index is 0.257. The highest BCUT2D eigenvalue weighted by Gasteiger charge is 2.10. The molecule has 4 nitrogen and oxygen atoms in total. The summed E-state index contributed by atoms with van der Waals surface area (Å²) in [7, 11) is 0. The molecule has 0 bridgehead atoms. The second kappa shape index (κ2) is 5.53. The van der Waals surface area contributed by atoms with Gasteiger partial charge in [-0.1, -0.05) is 12.8 Å². The van der Waals surface area contributed by atoms with E-state index in [9.17, 15) is 4.79 Å². The molecule has 0 aliphatic heterocycles. The Bertz CT molecular complexity index is 451. The fourth-order valence-corrected chi connectivity index (χ4v) is 1.09. The number of pyridine rings is 1. The number of nitrogens with one attached hydrogen (secondary N) is 1. The van der Waals surface area contributed by atoms with Crippen molar-refractivity contribution in [1.29, 1.82) is 5.26 Å². The number of terminal acetylenes is 1. The highest BCUT2D eigenvalue weighted by molar-refractivity contribution is 5.92. The summed E-state index contributed by atoms with van der Waals surface area (Å²) in [6, 6.07) is 4.68. The number of nitriles is 1. The van der Waals surface area contributed by atoms with Gasteiger partial charge in [-0.15, -0.1) is 6.42 Å². The summed E-state index contributed by atoms with van der Waals surface area (Å²) in [5.41, 5.74) is 0.674. The quantitative estimate of drug-likeness (QED) is 0.764. The van der Waals surface area contributed by atoms with Crippen molar-refractivity contribution in [3.63, 3.8) is 0 Å². The molecular weight excluding hydrogens is 202 g/mol. The second-order valence-electron chi connectivity index (χ2n) is 3.14. The molecule has 1 aromatic heterocycles. The largest absolute Gasteiger partial charge is 0.337 e. The Morgan fingerprint density at radius 2 is 2.44 bits per heavy atom. The topological polar surface area (TPSA) is 65.8 Å². The molecule has 16 heavy (non-hydrogen) atoms. The first kappa shape index (κ1) is 11.7. The predicted octanol–water partition coefficient (Wildman–Crippen LogP) is 1.09. The summed E-state index contributed by atoms with van der Waals surface area (Å²) in [6.07, 6.45) is 7.25. The van der Waals surface area contributed by atoms with E-state index < -0.39 is 0 Å². The third kappa shape index (κ3) is 2.83. The summed E-state index contributed by atoms with van der Waals surface area (Å²) >= 11 is 0. The lowest BCUT2D eigenvalue weighted by molar-refractivity contribution is 0.0940. The van der Waals surface area contributed by atoms with Crippen LogP contribution in [0.15, 0.2) is 18.3 Å². The summed E-state index contributed by atoms with van der Waals surface area (Å²) < 4.78 is 0. The van der Waals surface area contributed by atoms with Crippen molar-refractivity contribution in [2.75, 3.05) is 0 Å². The molecule has 1 amide bonds. The second-order valence-corrected chi connectivity index (χ2v) is 3.14. The zero-order valence-electron chi connectivity index (χ0n) is 8.90. The number of nitrogens with zero attached hydrogens (tertiary/aromatic N) is 2. The van der Waals surface area contributed by atoms with Gasteiger partial charge in [0, 0.05) is 6.20 Å². The molecular formula is C12H11N3O. The molecule has 80 valence electrons. The Balaban J connectivity index is 2.74. The third-order valence-corrected chi connectivity index (χ3v) is 2.04. The molecule has 0 saturated heterocycles. The number of rotatable bonds is 3. The van der Waals surface area contributed by atoms with Crippen LogP contribution in [0.4, 0.5) is 0 Å². The van der Waals surface area contributed by atoms with Gasteiger partial charge in [0.05, 0.1) is 11.6 Å². The SMILES string of the molecule is C#CC(CC)NC(=O)c1ccc(C#N)cn1. The van der Waals surface area contributed by atoms with E-state index in [4.69, 9.17) is 11.7 Å². The number of hydrogen-bond donors (Lipinski definition) is 1. The molecule has 1 N–H and O–H groups in total. The Hall–Kier alpha value is -2.33. The molecule has 0 aliphatic carbocycles. The number of carbonyl (C=O) groups excluding carboxylic acids is 1. The number of hydrogen-bond acceptors (Lipinski definition) is 3. The van der Waals surface area contributed by atoms with Crippen LogP contribution in [-0.2, 0) is 0 Å². The highest BCUT2D eigenvalue weighted by Crippen LogP contribution is 2.00. The van der Waals surface area contributed by atoms with E-state index in [0.29, 0.717) is 12.0 Å². The van der Waals surface area contributed by atoms with Gasteiger partial charge in [-0.2, -0.15) is 5.26 Å². The lowest BCUT2D eigenvalue weighted by Crippen LogP contribution is -2.33. The van der Waals surface area contributed by atoms with Crippen LogP contribution in [0.3, 0.4) is 0 Å². The van der Waals surface area contributed by atoms with Crippen LogP contribution in [0.1, 0.15) is 29.4 Å². The van der Waals surface area contributed by atoms with Crippen LogP contribution in [0.2, 0.25) is 0 Å². The summed E-state index contributed by atoms with van der Waals surface area (Å²) in [6.45, 7) is 1.89. The van der Waals surface area contributed by atoms with Crippen molar-refractivity contribution < 1.29 is 4.79 Å². The van der Waals surface area contributed by atoms with E-state index in [2.05, 4.69) is 16.2 Å². The van der Waals surface area contributed by atoms with Gasteiger partial charge in [0.25, 0.3) is 5.91 Å². The summed E-state index contributed by atoms with van der Waals surface area (Å²) in [5, 5.41) is 11.2. The van der Waals surface area contributed by atoms with Crippen molar-refractivity contribution in [1.82, 2.24) is 10.3 Å². The van der Waals surface area contributed by atoms with Crippen molar-refractivity contribution in [3.8, 4) is 18.4 Å². The van der Waals surface area contributed by atoms with Crippen molar-refractivity contribution in [2.24, 2.45) is 0 Å². The predicted molar refractivity (Wildman–Crippen MR) is 59.3 cm³/mol. The van der Waals surface area contributed by atoms with Gasteiger partial charge in [-0.3, -0.25) is 4.79 Å². The first-order valence-corrected chi connectivity index (χ1v) is 4.84.